The number of piperazine rings is 1. The summed E-state index contributed by atoms with van der Waals surface area (Å²) in [6, 6.07) is 12.0. The number of anilines is 6. The third-order valence-electron chi connectivity index (χ3n) is 16.3. The maximum Gasteiger partial charge on any atom is 0.293 e. The van der Waals surface area contributed by atoms with Crippen molar-refractivity contribution in [2.75, 3.05) is 65.1 Å². The number of piperidine rings is 2. The number of likely N-dealkylation sites (tertiary alicyclic amines) is 1. The fraction of sp³-hybridized carbons (Fsp3) is 0.411. The molecule has 6 amide bonds. The van der Waals surface area contributed by atoms with E-state index >= 15 is 0 Å². The van der Waals surface area contributed by atoms with Crippen LogP contribution in [0.2, 0.25) is 0 Å². The average molecular weight is 1050 g/mol. The van der Waals surface area contributed by atoms with Gasteiger partial charge in [0.2, 0.25) is 11.8 Å². The predicted molar refractivity (Wildman–Crippen MR) is 289 cm³/mol. The van der Waals surface area contributed by atoms with E-state index in [2.05, 4.69) is 50.7 Å². The number of pyridine rings is 1. The highest BCUT2D eigenvalue weighted by molar-refractivity contribution is 7.14. The first-order valence-corrected chi connectivity index (χ1v) is 27.0. The molecule has 76 heavy (non-hydrogen) atoms. The van der Waals surface area contributed by atoms with Crippen molar-refractivity contribution < 1.29 is 33.9 Å². The molecule has 0 spiro atoms. The Kier molecular flexibility index (Phi) is 13.4. The number of benzene rings is 2. The van der Waals surface area contributed by atoms with Gasteiger partial charge in [0.25, 0.3) is 29.2 Å². The van der Waals surface area contributed by atoms with Gasteiger partial charge in [-0.05, 0) is 125 Å². The second-order valence-electron chi connectivity index (χ2n) is 20.8. The van der Waals surface area contributed by atoms with E-state index in [0.717, 1.165) is 89.8 Å². The maximum absolute atomic E-state index is 14.1. The van der Waals surface area contributed by atoms with Gasteiger partial charge >= 0.3 is 0 Å². The summed E-state index contributed by atoms with van der Waals surface area (Å²) in [5, 5.41) is 17.1. The molecule has 394 valence electrons. The number of thiophene rings is 1. The van der Waals surface area contributed by atoms with E-state index in [9.17, 15) is 38.7 Å². The Morgan fingerprint density at radius 1 is 0.842 bits per heavy atom. The Morgan fingerprint density at radius 3 is 2.42 bits per heavy atom. The number of hydrogen-bond acceptors (Lipinski definition) is 15. The van der Waals surface area contributed by atoms with Gasteiger partial charge in [-0.2, -0.15) is 0 Å². The quantitative estimate of drug-likeness (QED) is 0.108. The van der Waals surface area contributed by atoms with Gasteiger partial charge in [0.05, 0.1) is 39.7 Å². The minimum atomic E-state index is -1.01. The van der Waals surface area contributed by atoms with Crippen LogP contribution in [0.5, 0.6) is 0 Å². The van der Waals surface area contributed by atoms with Gasteiger partial charge < -0.3 is 30.1 Å². The number of aliphatic hydroxyl groups is 1. The van der Waals surface area contributed by atoms with Crippen molar-refractivity contribution in [3.8, 4) is 11.3 Å². The molecule has 19 nitrogen and oxygen atoms in total. The number of hydrogen-bond donors (Lipinski definition) is 3. The molecule has 3 aromatic heterocycles. The van der Waals surface area contributed by atoms with Gasteiger partial charge in [-0.3, -0.25) is 53.2 Å². The highest BCUT2D eigenvalue weighted by Crippen LogP contribution is 2.41. The zero-order chi connectivity index (χ0) is 53.3. The number of aromatic nitrogens is 3. The molecule has 3 N–H and O–H groups in total. The molecule has 0 radical (unpaired) electrons. The lowest BCUT2D eigenvalue weighted by atomic mass is 9.92. The molecule has 8 heterocycles. The van der Waals surface area contributed by atoms with Gasteiger partial charge in [0.1, 0.15) is 11.9 Å². The van der Waals surface area contributed by atoms with Crippen LogP contribution in [-0.4, -0.2) is 134 Å². The minimum absolute atomic E-state index is 0.0211. The molecular weight excluding hydrogens is 987 g/mol. The Bertz CT molecular complexity index is 3330. The summed E-state index contributed by atoms with van der Waals surface area (Å²) in [5.74, 6) is -2.03. The number of amides is 6. The number of nitrogens with zero attached hydrogens (tertiary/aromatic N) is 9. The first-order valence-electron chi connectivity index (χ1n) is 26.2. The van der Waals surface area contributed by atoms with Gasteiger partial charge in [-0.25, -0.2) is 9.97 Å². The van der Waals surface area contributed by atoms with Gasteiger partial charge in [0.15, 0.2) is 5.82 Å². The molecule has 2 aromatic carbocycles. The predicted octanol–water partition coefficient (Wildman–Crippen LogP) is 5.66. The molecular formula is C56H61N11O8S. The molecule has 2 unspecified atom stereocenters. The van der Waals surface area contributed by atoms with Crippen molar-refractivity contribution in [1.29, 1.82) is 0 Å². The minimum Gasteiger partial charge on any atom is -0.392 e. The van der Waals surface area contributed by atoms with E-state index in [1.807, 2.05) is 18.2 Å². The second kappa shape index (κ2) is 20.2. The first-order chi connectivity index (χ1) is 36.6. The first kappa shape index (κ1) is 50.6. The van der Waals surface area contributed by atoms with Crippen LogP contribution in [0.15, 0.2) is 72.3 Å². The van der Waals surface area contributed by atoms with Crippen LogP contribution in [0.3, 0.4) is 0 Å². The Balaban J connectivity index is 0.774. The lowest BCUT2D eigenvalue weighted by Gasteiger charge is -2.48. The molecule has 20 heteroatoms. The largest absolute Gasteiger partial charge is 0.392 e. The van der Waals surface area contributed by atoms with E-state index in [-0.39, 0.29) is 59.7 Å². The Hall–Kier alpha value is -7.55. The van der Waals surface area contributed by atoms with Crippen LogP contribution in [0, 0.1) is 0 Å². The number of carbonyl (C=O) groups is 6. The van der Waals surface area contributed by atoms with Crippen LogP contribution in [0.25, 0.3) is 11.3 Å². The Labute approximate surface area is 443 Å². The third-order valence-corrected chi connectivity index (χ3v) is 17.6. The number of aryl methyl sites for hydroxylation is 2. The summed E-state index contributed by atoms with van der Waals surface area (Å²) in [7, 11) is 3.01. The van der Waals surface area contributed by atoms with Crippen LogP contribution >= 0.6 is 11.3 Å². The van der Waals surface area contributed by atoms with Crippen molar-refractivity contribution in [3.05, 3.63) is 115 Å². The highest BCUT2D eigenvalue weighted by atomic mass is 32.1. The number of aliphatic hydroxyl groups excluding tert-OH is 1. The van der Waals surface area contributed by atoms with E-state index in [0.29, 0.717) is 53.5 Å². The van der Waals surface area contributed by atoms with Gasteiger partial charge in [0, 0.05) is 111 Å². The number of rotatable bonds is 11. The number of imide groups is 2. The standard InChI is InChI=1S/C56H61N11O8S/c1-6-47(69)59-42-26-33(58-50-56(75)61(4)29-43(60-50)36-17-20-57-51(41(36)30-68)66-22-19-38-37-9-7-8-10-46(37)76-49(38)55(66)74)11-14-44(42)65-24-23-63(28-32(65)3)34-18-21-64(31(2)25-34)35-12-13-39-40(27-35)53(72)67(52(39)71)45-15-16-48(70)62(5)54(45)73/h6,11-14,17,20,26-27,29,31-32,34,45,68H,1,7-10,15-16,18-19,21-25,28,30H2,2-5H3,(H,58,60)(H,59,69)/t31-,32-,34?,45?/m0/s1. The molecule has 0 saturated carbocycles. The van der Waals surface area contributed by atoms with E-state index in [1.165, 1.54) is 28.1 Å². The van der Waals surface area contributed by atoms with E-state index < -0.39 is 41.8 Å². The van der Waals surface area contributed by atoms with Crippen LogP contribution in [0.4, 0.5) is 34.4 Å². The highest BCUT2D eigenvalue weighted by Gasteiger charge is 2.47. The van der Waals surface area contributed by atoms with Gasteiger partial charge in [-0.1, -0.05) is 6.58 Å². The van der Waals surface area contributed by atoms with Crippen molar-refractivity contribution in [2.45, 2.75) is 102 Å². The molecule has 0 bridgehead atoms. The smallest absolute Gasteiger partial charge is 0.293 e. The van der Waals surface area contributed by atoms with E-state index in [4.69, 9.17) is 4.98 Å². The van der Waals surface area contributed by atoms with Crippen molar-refractivity contribution >= 4 is 81.2 Å². The third kappa shape index (κ3) is 8.84. The van der Waals surface area contributed by atoms with Gasteiger partial charge in [-0.15, -0.1) is 11.3 Å². The molecule has 3 saturated heterocycles. The molecule has 3 fully saturated rings. The summed E-state index contributed by atoms with van der Waals surface area (Å²) in [6.07, 6.45) is 11.3. The average Bonchev–Trinajstić information content (AvgIpc) is 3.94. The molecule has 6 aliphatic rings. The van der Waals surface area contributed by atoms with Crippen LogP contribution in [-0.2, 0) is 47.3 Å². The summed E-state index contributed by atoms with van der Waals surface area (Å²) in [4.78, 5) is 115. The van der Waals surface area contributed by atoms with E-state index in [1.54, 1.807) is 59.9 Å². The Morgan fingerprint density at radius 2 is 1.64 bits per heavy atom. The molecule has 5 aliphatic heterocycles. The fourth-order valence-electron chi connectivity index (χ4n) is 12.3. The van der Waals surface area contributed by atoms with Crippen molar-refractivity contribution in [3.63, 3.8) is 0 Å². The van der Waals surface area contributed by atoms with Crippen molar-refractivity contribution in [2.24, 2.45) is 7.05 Å². The van der Waals surface area contributed by atoms with Crippen LogP contribution < -0.4 is 30.9 Å². The summed E-state index contributed by atoms with van der Waals surface area (Å²) >= 11 is 1.59. The molecule has 5 aromatic rings. The zero-order valence-corrected chi connectivity index (χ0v) is 44.0. The number of likely N-dealkylation sites (N-methyl/N-ethyl adjacent to an activating group) is 1. The molecule has 11 rings (SSSR count). The number of fused-ring (bicyclic) bond motifs is 4. The summed E-state index contributed by atoms with van der Waals surface area (Å²) in [5.41, 5.74) is 6.66. The fourth-order valence-corrected chi connectivity index (χ4v) is 13.7. The lowest BCUT2D eigenvalue weighted by molar-refractivity contribution is -0.149. The molecule has 1 aliphatic carbocycles. The summed E-state index contributed by atoms with van der Waals surface area (Å²) in [6.45, 7) is 11.0. The topological polar surface area (TPSA) is 214 Å². The monoisotopic (exact) mass is 1050 g/mol. The van der Waals surface area contributed by atoms with Crippen molar-refractivity contribution in [1.82, 2.24) is 29.2 Å². The maximum atomic E-state index is 14.1. The number of nitrogens with one attached hydrogen (secondary N) is 2. The second-order valence-corrected chi connectivity index (χ2v) is 21.9. The van der Waals surface area contributed by atoms with Crippen LogP contribution in [0.1, 0.15) is 104 Å². The lowest BCUT2D eigenvalue weighted by Crippen LogP contribution is -2.58. The summed E-state index contributed by atoms with van der Waals surface area (Å²) < 4.78 is 1.42. The SMILES string of the molecule is C=CC(=O)Nc1cc(Nc2nc(-c3ccnc(N4CCc5c(sc6c5CCCC6)C4=O)c3CO)cn(C)c2=O)ccc1N1CCN(C2CCN(c3ccc4c(c3)C(=O)N(C3CCC(=O)N(C)C3=O)C4=O)[C@@H](C)C2)C[C@@H]1C. The zero-order valence-electron chi connectivity index (χ0n) is 43.1. The number of carbonyl (C=O) groups excluding carboxylic acids is 6. The normalized spacial score (nSPS) is 22.0. The molecule has 4 atom stereocenters.